The van der Waals surface area contributed by atoms with E-state index in [1.165, 1.54) is 0 Å². The van der Waals surface area contributed by atoms with Crippen LogP contribution in [0, 0.1) is 0 Å². The zero-order chi connectivity index (χ0) is 0. The van der Waals surface area contributed by atoms with Gasteiger partial charge < -0.3 is 0 Å². The molecule has 0 saturated heterocycles. The van der Waals surface area contributed by atoms with Gasteiger partial charge in [0, 0.05) is 61.3 Å². The van der Waals surface area contributed by atoms with E-state index in [-0.39, 0.29) is 101 Å². The first-order chi connectivity index (χ1) is 0. The molecule has 0 atom stereocenters. The van der Waals surface area contributed by atoms with E-state index in [2.05, 4.69) is 0 Å². The Morgan fingerprint density at radius 2 is 0.400 bits per heavy atom. The van der Waals surface area contributed by atoms with E-state index in [0.717, 1.165) is 0 Å². The zero-order valence-corrected chi connectivity index (χ0v) is 9.28. The van der Waals surface area contributed by atoms with Crippen molar-refractivity contribution in [2.75, 3.05) is 0 Å². The minimum Gasteiger partial charge on any atom is 0 e. The monoisotopic (exact) mass is 705 g/mol. The van der Waals surface area contributed by atoms with Crippen LogP contribution >= 0.6 is 0 Å². The van der Waals surface area contributed by atoms with E-state index in [4.69, 9.17) is 0 Å². The van der Waals surface area contributed by atoms with Gasteiger partial charge in [-0.1, -0.05) is 0 Å². The summed E-state index contributed by atoms with van der Waals surface area (Å²) in [5, 5.41) is 0. The molecule has 0 aliphatic heterocycles. The molecule has 0 aromatic heterocycles. The first-order valence-corrected chi connectivity index (χ1v) is 0. The zero-order valence-electron chi connectivity index (χ0n) is 1.13. The first-order valence-electron chi connectivity index (χ1n) is 0. The van der Waals surface area contributed by atoms with Crippen molar-refractivity contribution in [3.63, 3.8) is 0 Å². The van der Waals surface area contributed by atoms with E-state index in [1.807, 2.05) is 0 Å². The molecule has 0 rings (SSSR count). The summed E-state index contributed by atoms with van der Waals surface area (Å²) < 4.78 is 0. The predicted octanol–water partition coefficient (Wildman–Crippen LogP) is -2.38. The van der Waals surface area contributed by atoms with Crippen molar-refractivity contribution < 1.29 is 61.3 Å². The predicted molar refractivity (Wildman–Crippen MR) is 19.9 cm³/mol. The van der Waals surface area contributed by atoms with E-state index < -0.39 is 0 Å². The second kappa shape index (κ2) is 26.8. The van der Waals surface area contributed by atoms with Gasteiger partial charge in [0.15, 0.2) is 0 Å². The Kier molecular flexibility index (Phi) is 219. The topological polar surface area (TPSA) is 0 Å². The van der Waals surface area contributed by atoms with Crippen LogP contribution in [0.3, 0.4) is 0 Å². The largest absolute Gasteiger partial charge is 0 e. The van der Waals surface area contributed by atoms with Gasteiger partial charge in [-0.05, 0) is 0 Å². The Labute approximate surface area is 99.1 Å². The second-order valence-electron chi connectivity index (χ2n) is 0. The molecular formula is H6Ga2Re3. The fourth-order valence-corrected chi connectivity index (χ4v) is 0. The summed E-state index contributed by atoms with van der Waals surface area (Å²) in [6.45, 7) is 0. The molecule has 33 valence electrons. The van der Waals surface area contributed by atoms with Crippen molar-refractivity contribution in [3.05, 3.63) is 0 Å². The maximum absolute atomic E-state index is 0. The van der Waals surface area contributed by atoms with Crippen molar-refractivity contribution in [2.24, 2.45) is 0 Å². The van der Waals surface area contributed by atoms with Gasteiger partial charge >= 0.3 is 39.6 Å². The van der Waals surface area contributed by atoms with Crippen LogP contribution in [0.15, 0.2) is 0 Å². The van der Waals surface area contributed by atoms with Gasteiger partial charge in [0.2, 0.25) is 0 Å². The van der Waals surface area contributed by atoms with Crippen LogP contribution in [0.1, 0.15) is 0 Å². The summed E-state index contributed by atoms with van der Waals surface area (Å²) in [6, 6.07) is 0. The summed E-state index contributed by atoms with van der Waals surface area (Å²) in [5.41, 5.74) is 0. The van der Waals surface area contributed by atoms with Gasteiger partial charge in [-0.3, -0.25) is 0 Å². The van der Waals surface area contributed by atoms with Crippen LogP contribution in [0.5, 0.6) is 0 Å². The second-order valence-corrected chi connectivity index (χ2v) is 0. The van der Waals surface area contributed by atoms with Gasteiger partial charge in [-0.15, -0.1) is 0 Å². The summed E-state index contributed by atoms with van der Waals surface area (Å²) in [5.74, 6) is 0. The van der Waals surface area contributed by atoms with Crippen molar-refractivity contribution in [1.29, 1.82) is 0 Å². The number of rotatable bonds is 0. The number of hydrogen-bond acceptors (Lipinski definition) is 0. The van der Waals surface area contributed by atoms with Crippen molar-refractivity contribution in [3.8, 4) is 0 Å². The average Bonchev–Trinajstić information content (AvgIpc) is 0. The van der Waals surface area contributed by atoms with Crippen LogP contribution in [-0.2, 0) is 61.3 Å². The molecule has 0 aliphatic rings. The average molecular weight is 704 g/mol. The Bertz CT molecular complexity index is 4.85. The van der Waals surface area contributed by atoms with Crippen molar-refractivity contribution in [1.82, 2.24) is 0 Å². The summed E-state index contributed by atoms with van der Waals surface area (Å²) in [4.78, 5) is 0. The summed E-state index contributed by atoms with van der Waals surface area (Å²) in [6.07, 6.45) is 0. The molecule has 5 heavy (non-hydrogen) atoms. The first kappa shape index (κ1) is 41.0. The third-order valence-electron chi connectivity index (χ3n) is 0. The normalized spacial score (nSPS) is 0. The van der Waals surface area contributed by atoms with Gasteiger partial charge in [0.25, 0.3) is 0 Å². The van der Waals surface area contributed by atoms with Crippen LogP contribution in [0.25, 0.3) is 0 Å². The quantitative estimate of drug-likeness (QED) is 0.248. The third kappa shape index (κ3) is 18.9. The molecule has 0 bridgehead atoms. The van der Waals surface area contributed by atoms with Crippen LogP contribution in [-0.4, -0.2) is 39.6 Å². The minimum absolute atomic E-state index is 0. The minimum atomic E-state index is 0. The number of hydrogen-bond donors (Lipinski definition) is 0. The van der Waals surface area contributed by atoms with E-state index >= 15 is 0 Å². The Hall–Kier alpha value is 3.26. The van der Waals surface area contributed by atoms with E-state index in [0.29, 0.717) is 0 Å². The molecule has 5 heteroatoms. The van der Waals surface area contributed by atoms with Crippen molar-refractivity contribution >= 4 is 39.6 Å². The molecule has 0 spiro atoms. The van der Waals surface area contributed by atoms with Crippen LogP contribution < -0.4 is 0 Å². The van der Waals surface area contributed by atoms with Gasteiger partial charge in [0.05, 0.1) is 0 Å². The maximum Gasteiger partial charge on any atom is 0 e. The molecule has 0 amide bonds. The van der Waals surface area contributed by atoms with Gasteiger partial charge in [-0.25, -0.2) is 0 Å². The Morgan fingerprint density at radius 1 is 0.400 bits per heavy atom. The fraction of sp³-hybridized carbons (Fsp3) is 0. The Balaban J connectivity index is 0. The van der Waals surface area contributed by atoms with E-state index in [9.17, 15) is 0 Å². The summed E-state index contributed by atoms with van der Waals surface area (Å²) in [7, 11) is 0. The molecule has 0 nitrogen and oxygen atoms in total. The molecule has 3 radical (unpaired) electrons. The van der Waals surface area contributed by atoms with E-state index in [1.54, 1.807) is 0 Å². The van der Waals surface area contributed by atoms with Crippen LogP contribution in [0.2, 0.25) is 0 Å². The van der Waals surface area contributed by atoms with Gasteiger partial charge in [0.1, 0.15) is 0 Å². The molecule has 0 unspecified atom stereocenters. The van der Waals surface area contributed by atoms with Crippen LogP contribution in [0.4, 0.5) is 0 Å². The maximum atomic E-state index is 0. The molecule has 0 aromatic carbocycles. The molecule has 0 fully saturated rings. The molecule has 0 N–H and O–H groups in total. The molecule has 0 aliphatic carbocycles. The summed E-state index contributed by atoms with van der Waals surface area (Å²) >= 11 is 0. The van der Waals surface area contributed by atoms with Crippen molar-refractivity contribution in [2.45, 2.75) is 0 Å². The third-order valence-corrected chi connectivity index (χ3v) is 0. The molecule has 0 saturated carbocycles. The SMILES string of the molecule is [GaH3].[GaH3].[Re].[Re].[Re]. The fourth-order valence-electron chi connectivity index (χ4n) is 0. The molecule has 0 aromatic rings. The smallest absolute Gasteiger partial charge is 0 e. The molecule has 0 heterocycles. The van der Waals surface area contributed by atoms with Gasteiger partial charge in [-0.2, -0.15) is 0 Å². The standard InChI is InChI=1S/2Ga.3Re.6H. The Morgan fingerprint density at radius 3 is 0.400 bits per heavy atom. The molecular weight excluding hydrogens is 698 g/mol.